The molecule has 0 aliphatic carbocycles. The zero-order valence-corrected chi connectivity index (χ0v) is 23.2. The molecule has 3 aromatic rings. The Morgan fingerprint density at radius 2 is 1.74 bits per heavy atom. The molecule has 1 aromatic carbocycles. The first-order valence-corrected chi connectivity index (χ1v) is 13.9. The molecule has 2 saturated heterocycles. The van der Waals surface area contributed by atoms with Crippen molar-refractivity contribution >= 4 is 23.3 Å². The quantitative estimate of drug-likeness (QED) is 0.505. The molecule has 0 radical (unpaired) electrons. The number of hydrogen-bond donors (Lipinski definition) is 1. The van der Waals surface area contributed by atoms with Gasteiger partial charge in [-0.1, -0.05) is 24.6 Å². The number of aryl methyl sites for hydroxylation is 1. The van der Waals surface area contributed by atoms with Crippen molar-refractivity contribution in [3.8, 4) is 22.4 Å². The van der Waals surface area contributed by atoms with Gasteiger partial charge in [-0.2, -0.15) is 0 Å². The van der Waals surface area contributed by atoms with Gasteiger partial charge in [0.1, 0.15) is 12.1 Å². The maximum Gasteiger partial charge on any atom is 0.255 e. The molecular formula is C29H36ClN7O. The van der Waals surface area contributed by atoms with Crippen molar-refractivity contribution < 1.29 is 4.79 Å². The number of hydrogen-bond acceptors (Lipinski definition) is 7. The van der Waals surface area contributed by atoms with Crippen LogP contribution in [0.25, 0.3) is 22.4 Å². The van der Waals surface area contributed by atoms with E-state index in [0.717, 1.165) is 92.4 Å². The van der Waals surface area contributed by atoms with Crippen molar-refractivity contribution in [1.29, 1.82) is 0 Å². The molecule has 1 N–H and O–H groups in total. The van der Waals surface area contributed by atoms with Gasteiger partial charge in [0.25, 0.3) is 5.91 Å². The van der Waals surface area contributed by atoms with E-state index in [4.69, 9.17) is 11.6 Å². The number of halogens is 1. The van der Waals surface area contributed by atoms with E-state index in [9.17, 15) is 4.79 Å². The van der Waals surface area contributed by atoms with E-state index in [-0.39, 0.29) is 5.91 Å². The molecule has 0 spiro atoms. The Bertz CT molecular complexity index is 1270. The normalized spacial score (nSPS) is 17.5. The molecule has 0 saturated carbocycles. The highest BCUT2D eigenvalue weighted by Crippen LogP contribution is 2.35. The molecule has 38 heavy (non-hydrogen) atoms. The summed E-state index contributed by atoms with van der Waals surface area (Å²) >= 11 is 6.74. The summed E-state index contributed by atoms with van der Waals surface area (Å²) in [5.41, 5.74) is 4.99. The van der Waals surface area contributed by atoms with Gasteiger partial charge in [-0.15, -0.1) is 0 Å². The lowest BCUT2D eigenvalue weighted by Gasteiger charge is -2.42. The summed E-state index contributed by atoms with van der Waals surface area (Å²) in [6, 6.07) is 10.2. The third-order valence-electron chi connectivity index (χ3n) is 7.85. The SMILES string of the molecule is CCc1ncnc(-c2ccc(C(=O)N3CCC(N4CCN(C)CC4)CC3)c(Cl)c2)c1-c1ccc(NC)nc1. The number of piperazine rings is 1. The van der Waals surface area contributed by atoms with Crippen molar-refractivity contribution in [3.63, 3.8) is 0 Å². The van der Waals surface area contributed by atoms with Gasteiger partial charge in [-0.05, 0) is 50.6 Å². The number of nitrogens with zero attached hydrogens (tertiary/aromatic N) is 6. The van der Waals surface area contributed by atoms with Crippen molar-refractivity contribution in [2.24, 2.45) is 0 Å². The fraction of sp³-hybridized carbons (Fsp3) is 0.448. The van der Waals surface area contributed by atoms with Gasteiger partial charge in [-0.3, -0.25) is 9.69 Å². The number of likely N-dealkylation sites (N-methyl/N-ethyl adjacent to an activating group) is 1. The van der Waals surface area contributed by atoms with Crippen LogP contribution in [0.5, 0.6) is 0 Å². The molecule has 5 rings (SSSR count). The van der Waals surface area contributed by atoms with E-state index in [1.165, 1.54) is 0 Å². The van der Waals surface area contributed by atoms with Gasteiger partial charge in [0, 0.05) is 75.2 Å². The highest BCUT2D eigenvalue weighted by atomic mass is 35.5. The van der Waals surface area contributed by atoms with Gasteiger partial charge < -0.3 is 15.1 Å². The Morgan fingerprint density at radius 1 is 1.00 bits per heavy atom. The average Bonchev–Trinajstić information content (AvgIpc) is 2.97. The predicted octanol–water partition coefficient (Wildman–Crippen LogP) is 4.32. The van der Waals surface area contributed by atoms with E-state index >= 15 is 0 Å². The number of likely N-dealkylation sites (tertiary alicyclic amines) is 1. The molecule has 1 amide bonds. The number of anilines is 1. The maximum atomic E-state index is 13.4. The molecule has 4 heterocycles. The van der Waals surface area contributed by atoms with Crippen LogP contribution in [0.4, 0.5) is 5.82 Å². The lowest BCUT2D eigenvalue weighted by atomic mass is 9.96. The highest BCUT2D eigenvalue weighted by Gasteiger charge is 2.29. The van der Waals surface area contributed by atoms with Crippen LogP contribution in [0.15, 0.2) is 42.9 Å². The van der Waals surface area contributed by atoms with E-state index in [2.05, 4.69) is 44.0 Å². The Kier molecular flexibility index (Phi) is 8.21. The summed E-state index contributed by atoms with van der Waals surface area (Å²) in [5, 5.41) is 3.50. The van der Waals surface area contributed by atoms with Crippen LogP contribution in [0.3, 0.4) is 0 Å². The molecular weight excluding hydrogens is 498 g/mol. The molecule has 2 aromatic heterocycles. The molecule has 2 aliphatic heterocycles. The van der Waals surface area contributed by atoms with E-state index in [1.54, 1.807) is 6.33 Å². The predicted molar refractivity (Wildman–Crippen MR) is 153 cm³/mol. The van der Waals surface area contributed by atoms with Crippen LogP contribution in [0.1, 0.15) is 35.8 Å². The number of piperidine rings is 1. The van der Waals surface area contributed by atoms with Crippen molar-refractivity contribution in [2.45, 2.75) is 32.2 Å². The lowest BCUT2D eigenvalue weighted by Crippen LogP contribution is -2.53. The molecule has 0 unspecified atom stereocenters. The highest BCUT2D eigenvalue weighted by molar-refractivity contribution is 6.34. The second-order valence-electron chi connectivity index (χ2n) is 10.1. The van der Waals surface area contributed by atoms with Crippen LogP contribution in [-0.2, 0) is 6.42 Å². The van der Waals surface area contributed by atoms with Crippen molar-refractivity contribution in [3.05, 3.63) is 59.1 Å². The number of pyridine rings is 1. The summed E-state index contributed by atoms with van der Waals surface area (Å²) in [6.07, 6.45) is 6.20. The zero-order chi connectivity index (χ0) is 26.6. The fourth-order valence-electron chi connectivity index (χ4n) is 5.53. The van der Waals surface area contributed by atoms with Crippen LogP contribution in [-0.4, -0.2) is 95.0 Å². The summed E-state index contributed by atoms with van der Waals surface area (Å²) in [4.78, 5) is 34.0. The minimum atomic E-state index is 0.00221. The zero-order valence-electron chi connectivity index (χ0n) is 22.5. The van der Waals surface area contributed by atoms with Crippen molar-refractivity contribution in [2.75, 3.05) is 58.7 Å². The Labute approximate surface area is 230 Å². The number of amides is 1. The van der Waals surface area contributed by atoms with Crippen LogP contribution < -0.4 is 5.32 Å². The topological polar surface area (TPSA) is 77.5 Å². The number of carbonyl (C=O) groups is 1. The number of benzene rings is 1. The number of carbonyl (C=O) groups excluding carboxylic acids is 1. The number of aromatic nitrogens is 3. The van der Waals surface area contributed by atoms with Crippen LogP contribution >= 0.6 is 11.6 Å². The first-order chi connectivity index (χ1) is 18.5. The summed E-state index contributed by atoms with van der Waals surface area (Å²) in [7, 11) is 4.03. The molecule has 0 bridgehead atoms. The number of rotatable bonds is 6. The summed E-state index contributed by atoms with van der Waals surface area (Å²) < 4.78 is 0. The molecule has 8 nitrogen and oxygen atoms in total. The Morgan fingerprint density at radius 3 is 2.37 bits per heavy atom. The lowest BCUT2D eigenvalue weighted by molar-refractivity contribution is 0.0519. The van der Waals surface area contributed by atoms with Gasteiger partial charge >= 0.3 is 0 Å². The van der Waals surface area contributed by atoms with Gasteiger partial charge in [0.05, 0.1) is 22.0 Å². The van der Waals surface area contributed by atoms with E-state index in [0.29, 0.717) is 16.6 Å². The standard InChI is InChI=1S/C29H36ClN7O/c1-4-25-27(21-6-8-26(31-2)32-18-21)28(34-19-33-25)20-5-7-23(24(30)17-20)29(38)37-11-9-22(10-12-37)36-15-13-35(3)14-16-36/h5-8,17-19,22H,4,9-16H2,1-3H3,(H,31,32). The molecule has 0 atom stereocenters. The van der Waals surface area contributed by atoms with Gasteiger partial charge in [-0.25, -0.2) is 15.0 Å². The second-order valence-corrected chi connectivity index (χ2v) is 10.5. The Hall–Kier alpha value is -3.07. The Balaban J connectivity index is 1.34. The maximum absolute atomic E-state index is 13.4. The number of nitrogens with one attached hydrogen (secondary N) is 1. The second kappa shape index (κ2) is 11.8. The average molecular weight is 534 g/mol. The molecule has 2 aliphatic rings. The summed E-state index contributed by atoms with van der Waals surface area (Å²) in [6.45, 7) is 8.07. The minimum Gasteiger partial charge on any atom is -0.373 e. The molecule has 2 fully saturated rings. The van der Waals surface area contributed by atoms with Crippen molar-refractivity contribution in [1.82, 2.24) is 29.7 Å². The van der Waals surface area contributed by atoms with Gasteiger partial charge in [0.2, 0.25) is 0 Å². The van der Waals surface area contributed by atoms with E-state index in [1.807, 2.05) is 48.5 Å². The monoisotopic (exact) mass is 533 g/mol. The smallest absolute Gasteiger partial charge is 0.255 e. The first kappa shape index (κ1) is 26.5. The van der Waals surface area contributed by atoms with Crippen LogP contribution in [0.2, 0.25) is 5.02 Å². The largest absolute Gasteiger partial charge is 0.373 e. The molecule has 9 heteroatoms. The fourth-order valence-corrected chi connectivity index (χ4v) is 5.79. The molecule has 200 valence electrons. The first-order valence-electron chi connectivity index (χ1n) is 13.5. The van der Waals surface area contributed by atoms with Crippen LogP contribution in [0, 0.1) is 0 Å². The third-order valence-corrected chi connectivity index (χ3v) is 8.16. The summed E-state index contributed by atoms with van der Waals surface area (Å²) in [5.74, 6) is 0.797. The minimum absolute atomic E-state index is 0.00221. The van der Waals surface area contributed by atoms with E-state index < -0.39 is 0 Å². The third kappa shape index (κ3) is 5.53. The van der Waals surface area contributed by atoms with Gasteiger partial charge in [0.15, 0.2) is 0 Å².